The van der Waals surface area contributed by atoms with Crippen LogP contribution in [0.1, 0.15) is 0 Å². The quantitative estimate of drug-likeness (QED) is 0.743. The number of methoxy groups -OCH3 is 2. The third-order valence-corrected chi connectivity index (χ3v) is 3.16. The Labute approximate surface area is 120 Å². The number of ether oxygens (including phenoxy) is 2. The van der Waals surface area contributed by atoms with Crippen LogP contribution in [-0.4, -0.2) is 28.6 Å². The Balaban J connectivity index is 2.19. The number of halogens is 1. The van der Waals surface area contributed by atoms with Crippen molar-refractivity contribution in [2.24, 2.45) is 0 Å². The van der Waals surface area contributed by atoms with Gasteiger partial charge in [-0.3, -0.25) is 4.40 Å². The fraction of sp³-hybridized carbons (Fsp3) is 0.143. The van der Waals surface area contributed by atoms with Crippen molar-refractivity contribution in [3.05, 3.63) is 41.6 Å². The highest BCUT2D eigenvalue weighted by molar-refractivity contribution is 6.30. The zero-order chi connectivity index (χ0) is 14.1. The molecular formula is C14H12ClN3O2. The molecule has 2 aromatic heterocycles. The Hall–Kier alpha value is -2.27. The highest BCUT2D eigenvalue weighted by Crippen LogP contribution is 2.26. The third-order valence-electron chi connectivity index (χ3n) is 2.92. The molecule has 0 aliphatic carbocycles. The SMILES string of the molecule is COc1cc(OC)n2cc(-c3cccc(Cl)c3)nc2n1. The Kier molecular flexibility index (Phi) is 3.20. The van der Waals surface area contributed by atoms with Gasteiger partial charge < -0.3 is 9.47 Å². The average Bonchev–Trinajstić information content (AvgIpc) is 2.90. The molecule has 0 unspecified atom stereocenters. The maximum absolute atomic E-state index is 6.00. The molecule has 0 radical (unpaired) electrons. The minimum atomic E-state index is 0.456. The van der Waals surface area contributed by atoms with Gasteiger partial charge in [0, 0.05) is 16.8 Å². The summed E-state index contributed by atoms with van der Waals surface area (Å²) in [5.41, 5.74) is 1.69. The summed E-state index contributed by atoms with van der Waals surface area (Å²) in [5.74, 6) is 1.57. The van der Waals surface area contributed by atoms with Gasteiger partial charge in [-0.1, -0.05) is 23.7 Å². The van der Waals surface area contributed by atoms with E-state index in [0.717, 1.165) is 11.3 Å². The van der Waals surface area contributed by atoms with E-state index >= 15 is 0 Å². The van der Waals surface area contributed by atoms with Crippen LogP contribution in [0.2, 0.25) is 5.02 Å². The molecule has 0 bridgehead atoms. The number of imidazole rings is 1. The Morgan fingerprint density at radius 1 is 1.10 bits per heavy atom. The molecule has 5 nitrogen and oxygen atoms in total. The van der Waals surface area contributed by atoms with E-state index in [1.165, 1.54) is 0 Å². The Morgan fingerprint density at radius 2 is 1.95 bits per heavy atom. The molecule has 20 heavy (non-hydrogen) atoms. The van der Waals surface area contributed by atoms with Crippen molar-refractivity contribution in [3.63, 3.8) is 0 Å². The lowest BCUT2D eigenvalue weighted by atomic mass is 10.2. The van der Waals surface area contributed by atoms with Crippen LogP contribution in [0.4, 0.5) is 0 Å². The molecule has 102 valence electrons. The summed E-state index contributed by atoms with van der Waals surface area (Å²) in [6.07, 6.45) is 1.85. The van der Waals surface area contributed by atoms with E-state index in [0.29, 0.717) is 22.6 Å². The summed E-state index contributed by atoms with van der Waals surface area (Å²) in [5, 5.41) is 0.664. The van der Waals surface area contributed by atoms with Crippen LogP contribution in [0.3, 0.4) is 0 Å². The molecule has 0 amide bonds. The number of nitrogens with zero attached hydrogens (tertiary/aromatic N) is 3. The maximum Gasteiger partial charge on any atom is 0.240 e. The number of rotatable bonds is 3. The first-order valence-electron chi connectivity index (χ1n) is 5.95. The molecule has 3 aromatic rings. The van der Waals surface area contributed by atoms with Crippen molar-refractivity contribution in [2.75, 3.05) is 14.2 Å². The van der Waals surface area contributed by atoms with Gasteiger partial charge >= 0.3 is 0 Å². The fourth-order valence-corrected chi connectivity index (χ4v) is 2.16. The van der Waals surface area contributed by atoms with Gasteiger partial charge in [-0.25, -0.2) is 4.98 Å². The minimum absolute atomic E-state index is 0.456. The molecule has 0 atom stereocenters. The van der Waals surface area contributed by atoms with Crippen molar-refractivity contribution >= 4 is 17.4 Å². The first kappa shape index (κ1) is 12.7. The van der Waals surface area contributed by atoms with Gasteiger partial charge in [-0.15, -0.1) is 0 Å². The first-order chi connectivity index (χ1) is 9.71. The highest BCUT2D eigenvalue weighted by Gasteiger charge is 2.11. The largest absolute Gasteiger partial charge is 0.482 e. The van der Waals surface area contributed by atoms with Crippen LogP contribution in [0, 0.1) is 0 Å². The molecule has 1 aromatic carbocycles. The molecule has 6 heteroatoms. The Bertz CT molecular complexity index is 770. The van der Waals surface area contributed by atoms with Gasteiger partial charge in [0.05, 0.1) is 26.0 Å². The monoisotopic (exact) mass is 289 g/mol. The van der Waals surface area contributed by atoms with Crippen molar-refractivity contribution in [1.29, 1.82) is 0 Å². The number of aromatic nitrogens is 3. The molecule has 0 spiro atoms. The second-order valence-electron chi connectivity index (χ2n) is 4.15. The normalized spacial score (nSPS) is 10.8. The molecule has 0 fully saturated rings. The van der Waals surface area contributed by atoms with E-state index in [9.17, 15) is 0 Å². The lowest BCUT2D eigenvalue weighted by Crippen LogP contribution is -1.97. The average molecular weight is 290 g/mol. The van der Waals surface area contributed by atoms with E-state index < -0.39 is 0 Å². The van der Waals surface area contributed by atoms with E-state index in [1.807, 2.05) is 30.5 Å². The minimum Gasteiger partial charge on any atom is -0.482 e. The summed E-state index contributed by atoms with van der Waals surface area (Å²) < 4.78 is 12.2. The predicted octanol–water partition coefficient (Wildman–Crippen LogP) is 3.07. The Morgan fingerprint density at radius 3 is 2.65 bits per heavy atom. The molecule has 0 aliphatic rings. The topological polar surface area (TPSA) is 48.7 Å². The predicted molar refractivity (Wildman–Crippen MR) is 76.5 cm³/mol. The van der Waals surface area contributed by atoms with Crippen LogP contribution in [-0.2, 0) is 0 Å². The second-order valence-corrected chi connectivity index (χ2v) is 4.58. The van der Waals surface area contributed by atoms with E-state index in [1.54, 1.807) is 24.7 Å². The smallest absolute Gasteiger partial charge is 0.240 e. The zero-order valence-corrected chi connectivity index (χ0v) is 11.8. The summed E-state index contributed by atoms with van der Waals surface area (Å²) >= 11 is 6.00. The molecule has 0 saturated heterocycles. The van der Waals surface area contributed by atoms with Gasteiger partial charge in [0.2, 0.25) is 17.5 Å². The fourth-order valence-electron chi connectivity index (χ4n) is 1.97. The molecule has 0 saturated carbocycles. The van der Waals surface area contributed by atoms with Crippen LogP contribution < -0.4 is 9.47 Å². The standard InChI is InChI=1S/C14H12ClN3O2/c1-19-12-7-13(20-2)18-8-11(16-14(18)17-12)9-4-3-5-10(15)6-9/h3-8H,1-2H3. The molecule has 0 N–H and O–H groups in total. The summed E-state index contributed by atoms with van der Waals surface area (Å²) in [6.45, 7) is 0. The number of hydrogen-bond acceptors (Lipinski definition) is 4. The van der Waals surface area contributed by atoms with Crippen LogP contribution in [0.25, 0.3) is 17.0 Å². The van der Waals surface area contributed by atoms with Crippen molar-refractivity contribution in [1.82, 2.24) is 14.4 Å². The number of benzene rings is 1. The second kappa shape index (κ2) is 5.02. The van der Waals surface area contributed by atoms with Crippen molar-refractivity contribution in [3.8, 4) is 23.0 Å². The van der Waals surface area contributed by atoms with E-state index in [4.69, 9.17) is 21.1 Å². The van der Waals surface area contributed by atoms with Gasteiger partial charge in [0.25, 0.3) is 0 Å². The van der Waals surface area contributed by atoms with Crippen molar-refractivity contribution < 1.29 is 9.47 Å². The lowest BCUT2D eigenvalue weighted by Gasteiger charge is -2.04. The molecule has 3 rings (SSSR count). The van der Waals surface area contributed by atoms with Crippen LogP contribution in [0.15, 0.2) is 36.5 Å². The molecule has 2 heterocycles. The zero-order valence-electron chi connectivity index (χ0n) is 11.0. The molecule has 0 aliphatic heterocycles. The number of fused-ring (bicyclic) bond motifs is 1. The van der Waals surface area contributed by atoms with Crippen molar-refractivity contribution in [2.45, 2.75) is 0 Å². The molecular weight excluding hydrogens is 278 g/mol. The lowest BCUT2D eigenvalue weighted by molar-refractivity contribution is 0.369. The van der Waals surface area contributed by atoms with Gasteiger partial charge in [-0.2, -0.15) is 4.98 Å². The van der Waals surface area contributed by atoms with E-state index in [2.05, 4.69) is 9.97 Å². The highest BCUT2D eigenvalue weighted by atomic mass is 35.5. The van der Waals surface area contributed by atoms with E-state index in [-0.39, 0.29) is 0 Å². The summed E-state index contributed by atoms with van der Waals surface area (Å²) in [6, 6.07) is 9.20. The number of hydrogen-bond donors (Lipinski definition) is 0. The summed E-state index contributed by atoms with van der Waals surface area (Å²) in [7, 11) is 3.15. The van der Waals surface area contributed by atoms with Gasteiger partial charge in [0.15, 0.2) is 0 Å². The maximum atomic E-state index is 6.00. The van der Waals surface area contributed by atoms with Gasteiger partial charge in [-0.05, 0) is 12.1 Å². The van der Waals surface area contributed by atoms with Crippen LogP contribution in [0.5, 0.6) is 11.8 Å². The van der Waals surface area contributed by atoms with Crippen LogP contribution >= 0.6 is 11.6 Å². The first-order valence-corrected chi connectivity index (χ1v) is 6.33. The van der Waals surface area contributed by atoms with Gasteiger partial charge in [0.1, 0.15) is 0 Å². The third kappa shape index (κ3) is 2.16. The summed E-state index contributed by atoms with van der Waals surface area (Å²) in [4.78, 5) is 8.76.